The Hall–Kier alpha value is -2.69. The lowest BCUT2D eigenvalue weighted by Gasteiger charge is -2.09. The minimum Gasteiger partial charge on any atom is -0.507 e. The number of rotatable bonds is 3. The SMILES string of the molecule is Cc1cccnc1-c1noc(-c2cccc(C(C)C)c2O)n1. The van der Waals surface area contributed by atoms with Crippen LogP contribution in [0.2, 0.25) is 0 Å². The second kappa shape index (κ2) is 5.60. The van der Waals surface area contributed by atoms with Gasteiger partial charge in [0.25, 0.3) is 5.89 Å². The molecule has 0 bridgehead atoms. The zero-order valence-corrected chi connectivity index (χ0v) is 12.7. The number of hydrogen-bond donors (Lipinski definition) is 1. The molecule has 3 aromatic rings. The van der Waals surface area contributed by atoms with Crippen molar-refractivity contribution in [3.05, 3.63) is 47.7 Å². The molecule has 112 valence electrons. The lowest BCUT2D eigenvalue weighted by atomic mass is 9.99. The van der Waals surface area contributed by atoms with Crippen LogP contribution in [0.3, 0.4) is 0 Å². The molecule has 0 radical (unpaired) electrons. The number of para-hydroxylation sites is 1. The zero-order chi connectivity index (χ0) is 15.7. The Morgan fingerprint density at radius 1 is 1.14 bits per heavy atom. The lowest BCUT2D eigenvalue weighted by Crippen LogP contribution is -1.91. The van der Waals surface area contributed by atoms with Crippen molar-refractivity contribution in [1.29, 1.82) is 0 Å². The summed E-state index contributed by atoms with van der Waals surface area (Å²) in [7, 11) is 0. The van der Waals surface area contributed by atoms with Crippen LogP contribution in [0, 0.1) is 6.92 Å². The molecule has 2 heterocycles. The van der Waals surface area contributed by atoms with Gasteiger partial charge in [-0.05, 0) is 36.1 Å². The van der Waals surface area contributed by atoms with Crippen molar-refractivity contribution < 1.29 is 9.63 Å². The Morgan fingerprint density at radius 2 is 1.95 bits per heavy atom. The molecule has 0 aliphatic carbocycles. The monoisotopic (exact) mass is 295 g/mol. The third-order valence-electron chi connectivity index (χ3n) is 3.57. The lowest BCUT2D eigenvalue weighted by molar-refractivity contribution is 0.424. The van der Waals surface area contributed by atoms with Gasteiger partial charge in [0.15, 0.2) is 0 Å². The van der Waals surface area contributed by atoms with E-state index in [0.717, 1.165) is 11.1 Å². The fourth-order valence-electron chi connectivity index (χ4n) is 2.35. The molecule has 5 nitrogen and oxygen atoms in total. The van der Waals surface area contributed by atoms with Gasteiger partial charge in [-0.25, -0.2) is 0 Å². The molecule has 2 aromatic heterocycles. The van der Waals surface area contributed by atoms with Crippen LogP contribution in [0.1, 0.15) is 30.9 Å². The molecule has 0 saturated carbocycles. The summed E-state index contributed by atoms with van der Waals surface area (Å²) in [5, 5.41) is 14.4. The standard InChI is InChI=1S/C17H17N3O2/c1-10(2)12-7-4-8-13(15(12)21)17-19-16(20-22-17)14-11(3)6-5-9-18-14/h4-10,21H,1-3H3. The van der Waals surface area contributed by atoms with Crippen molar-refractivity contribution in [1.82, 2.24) is 15.1 Å². The van der Waals surface area contributed by atoms with E-state index in [9.17, 15) is 5.11 Å². The van der Waals surface area contributed by atoms with Crippen molar-refractivity contribution in [2.75, 3.05) is 0 Å². The van der Waals surface area contributed by atoms with Crippen LogP contribution in [0.15, 0.2) is 41.1 Å². The second-order valence-corrected chi connectivity index (χ2v) is 5.49. The van der Waals surface area contributed by atoms with Gasteiger partial charge in [0, 0.05) is 6.20 Å². The summed E-state index contributed by atoms with van der Waals surface area (Å²) in [5.41, 5.74) is 3.04. The fourth-order valence-corrected chi connectivity index (χ4v) is 2.35. The number of aromatic hydroxyl groups is 1. The Balaban J connectivity index is 2.05. The first kappa shape index (κ1) is 14.3. The van der Waals surface area contributed by atoms with Gasteiger partial charge < -0.3 is 9.63 Å². The molecule has 0 amide bonds. The predicted octanol–water partition coefficient (Wildman–Crippen LogP) is 3.94. The molecule has 0 fully saturated rings. The first-order valence-corrected chi connectivity index (χ1v) is 7.16. The molecule has 0 unspecified atom stereocenters. The maximum Gasteiger partial charge on any atom is 0.262 e. The predicted molar refractivity (Wildman–Crippen MR) is 83.5 cm³/mol. The van der Waals surface area contributed by atoms with E-state index in [0.29, 0.717) is 23.0 Å². The largest absolute Gasteiger partial charge is 0.507 e. The van der Waals surface area contributed by atoms with Crippen LogP contribution in [-0.4, -0.2) is 20.2 Å². The van der Waals surface area contributed by atoms with Gasteiger partial charge in [-0.3, -0.25) is 4.98 Å². The number of phenolic OH excluding ortho intramolecular Hbond substituents is 1. The number of nitrogens with zero attached hydrogens (tertiary/aromatic N) is 3. The van der Waals surface area contributed by atoms with E-state index in [1.54, 1.807) is 12.3 Å². The number of hydrogen-bond acceptors (Lipinski definition) is 5. The number of pyridine rings is 1. The topological polar surface area (TPSA) is 72.0 Å². The quantitative estimate of drug-likeness (QED) is 0.792. The number of benzene rings is 1. The molecule has 0 atom stereocenters. The van der Waals surface area contributed by atoms with Gasteiger partial charge in [0.1, 0.15) is 11.4 Å². The molecule has 3 rings (SSSR count). The maximum absolute atomic E-state index is 10.4. The van der Waals surface area contributed by atoms with Crippen LogP contribution in [0.5, 0.6) is 5.75 Å². The average Bonchev–Trinajstić information content (AvgIpc) is 2.97. The number of aryl methyl sites for hydroxylation is 1. The van der Waals surface area contributed by atoms with Crippen LogP contribution in [-0.2, 0) is 0 Å². The third-order valence-corrected chi connectivity index (χ3v) is 3.57. The summed E-state index contributed by atoms with van der Waals surface area (Å²) in [6.07, 6.45) is 1.69. The van der Waals surface area contributed by atoms with E-state index in [-0.39, 0.29) is 11.7 Å². The Labute approximate surface area is 128 Å². The van der Waals surface area contributed by atoms with E-state index in [4.69, 9.17) is 4.52 Å². The summed E-state index contributed by atoms with van der Waals surface area (Å²) in [6, 6.07) is 9.33. The molecule has 0 spiro atoms. The fraction of sp³-hybridized carbons (Fsp3) is 0.235. The van der Waals surface area contributed by atoms with Crippen molar-refractivity contribution in [3.63, 3.8) is 0 Å². The molecule has 0 aliphatic rings. The van der Waals surface area contributed by atoms with Crippen LogP contribution in [0.25, 0.3) is 23.0 Å². The first-order chi connectivity index (χ1) is 10.6. The molecule has 1 N–H and O–H groups in total. The van der Waals surface area contributed by atoms with Gasteiger partial charge in [-0.2, -0.15) is 4.98 Å². The Bertz CT molecular complexity index is 809. The van der Waals surface area contributed by atoms with Crippen LogP contribution >= 0.6 is 0 Å². The third kappa shape index (κ3) is 2.45. The summed E-state index contributed by atoms with van der Waals surface area (Å²) >= 11 is 0. The minimum absolute atomic E-state index is 0.186. The maximum atomic E-state index is 10.4. The van der Waals surface area contributed by atoms with Crippen molar-refractivity contribution in [2.45, 2.75) is 26.7 Å². The van der Waals surface area contributed by atoms with Gasteiger partial charge in [0.2, 0.25) is 5.82 Å². The van der Waals surface area contributed by atoms with E-state index in [2.05, 4.69) is 15.1 Å². The van der Waals surface area contributed by atoms with Gasteiger partial charge in [-0.1, -0.05) is 37.2 Å². The van der Waals surface area contributed by atoms with Crippen molar-refractivity contribution in [3.8, 4) is 28.7 Å². The normalized spacial score (nSPS) is 11.1. The highest BCUT2D eigenvalue weighted by Gasteiger charge is 2.18. The highest BCUT2D eigenvalue weighted by molar-refractivity contribution is 5.67. The second-order valence-electron chi connectivity index (χ2n) is 5.49. The summed E-state index contributed by atoms with van der Waals surface area (Å²) < 4.78 is 5.31. The summed E-state index contributed by atoms with van der Waals surface area (Å²) in [5.74, 6) is 1.10. The Morgan fingerprint density at radius 3 is 2.68 bits per heavy atom. The highest BCUT2D eigenvalue weighted by Crippen LogP contribution is 2.35. The molecule has 0 saturated heterocycles. The van der Waals surface area contributed by atoms with Crippen molar-refractivity contribution >= 4 is 0 Å². The van der Waals surface area contributed by atoms with Gasteiger partial charge in [0.05, 0.1) is 5.56 Å². The Kier molecular flexibility index (Phi) is 3.63. The molecule has 22 heavy (non-hydrogen) atoms. The smallest absolute Gasteiger partial charge is 0.262 e. The van der Waals surface area contributed by atoms with E-state index in [1.807, 2.05) is 45.0 Å². The van der Waals surface area contributed by atoms with Gasteiger partial charge >= 0.3 is 0 Å². The number of aromatic nitrogens is 3. The number of phenols is 1. The summed E-state index contributed by atoms with van der Waals surface area (Å²) in [4.78, 5) is 8.65. The first-order valence-electron chi connectivity index (χ1n) is 7.16. The molecule has 1 aromatic carbocycles. The zero-order valence-electron chi connectivity index (χ0n) is 12.7. The molecule has 5 heteroatoms. The summed E-state index contributed by atoms with van der Waals surface area (Å²) in [6.45, 7) is 5.99. The van der Waals surface area contributed by atoms with Crippen LogP contribution in [0.4, 0.5) is 0 Å². The average molecular weight is 295 g/mol. The molecular weight excluding hydrogens is 278 g/mol. The highest BCUT2D eigenvalue weighted by atomic mass is 16.5. The molecule has 0 aliphatic heterocycles. The minimum atomic E-state index is 0.186. The van der Waals surface area contributed by atoms with Crippen molar-refractivity contribution in [2.24, 2.45) is 0 Å². The van der Waals surface area contributed by atoms with Gasteiger partial charge in [-0.15, -0.1) is 0 Å². The van der Waals surface area contributed by atoms with E-state index < -0.39 is 0 Å². The molecular formula is C17H17N3O2. The van der Waals surface area contributed by atoms with E-state index >= 15 is 0 Å². The van der Waals surface area contributed by atoms with E-state index in [1.165, 1.54) is 0 Å². The van der Waals surface area contributed by atoms with Crippen LogP contribution < -0.4 is 0 Å².